The van der Waals surface area contributed by atoms with Gasteiger partial charge in [0, 0.05) is 20.0 Å². The quantitative estimate of drug-likeness (QED) is 0.0273. The number of nitrogens with zero attached hydrogens (tertiary/aromatic N) is 15. The molecule has 0 amide bonds. The molecule has 0 aromatic carbocycles. The highest BCUT2D eigenvalue weighted by atomic mass is 32.1. The maximum atomic E-state index is 11.9. The van der Waals surface area contributed by atoms with E-state index in [1.54, 1.807) is 70.8 Å². The minimum Gasteiger partial charge on any atom is -0.870 e. The Balaban J connectivity index is 0.000000132. The number of hydrogen-bond acceptors (Lipinski definition) is 31. The number of aliphatic hydroxyl groups excluding tert-OH is 8. The third-order valence-corrected chi connectivity index (χ3v) is 18.3. The number of imidazole rings is 4. The molecule has 98 heavy (non-hydrogen) atoms. The number of fused-ring (bicyclic) bond motifs is 8. The maximum absolute atomic E-state index is 11.9. The van der Waals surface area contributed by atoms with E-state index in [1.807, 2.05) is 6.92 Å². The van der Waals surface area contributed by atoms with E-state index in [1.165, 1.54) is 49.4 Å². The minimum absolute atomic E-state index is 0.0346. The van der Waals surface area contributed by atoms with Crippen molar-refractivity contribution in [2.45, 2.75) is 116 Å². The Kier molecular flexibility index (Phi) is 20.5. The van der Waals surface area contributed by atoms with Gasteiger partial charge in [0.15, 0.2) is 65.2 Å². The van der Waals surface area contributed by atoms with Gasteiger partial charge in [-0.2, -0.15) is 0 Å². The molecule has 45 nitrogen and oxygen atoms in total. The Morgan fingerprint density at radius 2 is 1.04 bits per heavy atom. The molecule has 8 aromatic rings. The second-order valence-electron chi connectivity index (χ2n) is 22.6. The van der Waals surface area contributed by atoms with Gasteiger partial charge in [0.2, 0.25) is 24.2 Å². The van der Waals surface area contributed by atoms with Crippen LogP contribution in [0.5, 0.6) is 5.75 Å². The SMILES string of the molecule is CC1=NN(C)c2ccnc3c2n1c[n+]3[C@@H]1OC(COP(=O)(O)O)[C@@H](O)[C@H]1O.Cn1c[n+]([C@@H]2OC(COP(=O)(O)O)[C@@H](O)[C@H]2O)c2nccc([O-])c21.Cn1c[n+]([C@@H]2OC(COP(=O)(O)O)[C@@H](O)[C@H]2O)c2nccc([S-])c21.Nc1ncnc2c1nc1n2[C@@H]2OC([C@@H](O)[C@H]2O)[C@H]1OP(=O)(O)O. The van der Waals surface area contributed by atoms with Crippen molar-refractivity contribution >= 4 is 106 Å². The van der Waals surface area contributed by atoms with Gasteiger partial charge in [-0.15, -0.1) is 24.9 Å². The lowest BCUT2D eigenvalue weighted by Crippen LogP contribution is -2.46. The van der Waals surface area contributed by atoms with Gasteiger partial charge in [-0.05, 0) is 12.1 Å². The van der Waals surface area contributed by atoms with Crippen LogP contribution in [0.1, 0.15) is 43.8 Å². The number of rotatable bonds is 14. The van der Waals surface area contributed by atoms with E-state index >= 15 is 0 Å². The molecule has 6 aliphatic rings. The molecular weight excluding hydrogens is 1420 g/mol. The Labute approximate surface area is 552 Å². The summed E-state index contributed by atoms with van der Waals surface area (Å²) in [4.78, 5) is 96.0. The average Bonchev–Trinajstić information content (AvgIpc) is 1.56. The number of hydrazone groups is 1. The number of phosphoric acid groups is 4. The minimum atomic E-state index is -4.92. The summed E-state index contributed by atoms with van der Waals surface area (Å²) >= 11 is 5.25. The summed E-state index contributed by atoms with van der Waals surface area (Å²) in [5.74, 6) is 0.497. The van der Waals surface area contributed by atoms with Gasteiger partial charge in [0.1, 0.15) is 110 Å². The first-order valence-electron chi connectivity index (χ1n) is 28.5. The van der Waals surface area contributed by atoms with Crippen LogP contribution in [0.25, 0.3) is 44.7 Å². The molecule has 4 unspecified atom stereocenters. The summed E-state index contributed by atoms with van der Waals surface area (Å²) < 4.78 is 94.3. The van der Waals surface area contributed by atoms with E-state index in [4.69, 9.17) is 81.0 Å². The molecule has 0 radical (unpaired) electrons. The van der Waals surface area contributed by atoms with E-state index in [9.17, 15) is 64.2 Å². The molecule has 14 rings (SSSR count). The maximum Gasteiger partial charge on any atom is 0.470 e. The third kappa shape index (κ3) is 14.5. The number of pyridine rings is 3. The Bertz CT molecular complexity index is 4410. The molecule has 4 saturated heterocycles. The van der Waals surface area contributed by atoms with Gasteiger partial charge in [-0.25, -0.2) is 51.5 Å². The van der Waals surface area contributed by atoms with E-state index < -0.39 is 155 Å². The number of nitrogen functional groups attached to an aromatic ring is 1. The highest BCUT2D eigenvalue weighted by molar-refractivity contribution is 7.59. The summed E-state index contributed by atoms with van der Waals surface area (Å²) in [6.07, 6.45) is -10.8. The van der Waals surface area contributed by atoms with Crippen molar-refractivity contribution in [2.24, 2.45) is 19.2 Å². The van der Waals surface area contributed by atoms with Crippen LogP contribution >= 0.6 is 31.3 Å². The van der Waals surface area contributed by atoms with Gasteiger partial charge in [0.25, 0.3) is 0 Å². The molecule has 4 fully saturated rings. The van der Waals surface area contributed by atoms with Crippen LogP contribution < -0.4 is 29.6 Å². The molecular formula is C48H63N16O29P4S+. The van der Waals surface area contributed by atoms with Crippen LogP contribution in [0.2, 0.25) is 0 Å². The number of aliphatic hydroxyl groups is 8. The van der Waals surface area contributed by atoms with Crippen molar-refractivity contribution in [3.63, 3.8) is 0 Å². The van der Waals surface area contributed by atoms with Crippen LogP contribution in [0.15, 0.2) is 72.1 Å². The third-order valence-electron chi connectivity index (χ3n) is 16.0. The number of anilines is 2. The molecule has 2 bridgehead atoms. The molecule has 8 aromatic heterocycles. The Morgan fingerprint density at radius 3 is 1.54 bits per heavy atom. The summed E-state index contributed by atoms with van der Waals surface area (Å²) in [5, 5.41) is 99.3. The molecule has 0 saturated carbocycles. The molecule has 534 valence electrons. The zero-order valence-electron chi connectivity index (χ0n) is 50.7. The first-order chi connectivity index (χ1) is 45.8. The number of nitrogens with two attached hydrogens (primary N) is 1. The fraction of sp³-hybridized carbons (Fsp3) is 0.500. The predicted octanol–water partition coefficient (Wildman–Crippen LogP) is -6.97. The second kappa shape index (κ2) is 27.5. The average molecular weight is 1480 g/mol. The van der Waals surface area contributed by atoms with Crippen molar-refractivity contribution < 1.29 is 154 Å². The lowest BCUT2D eigenvalue weighted by atomic mass is 10.1. The zero-order chi connectivity index (χ0) is 71.3. The monoisotopic (exact) mass is 1480 g/mol. The number of aromatic nitrogens is 13. The molecule has 6 aliphatic heterocycles. The lowest BCUT2D eigenvalue weighted by Gasteiger charge is -2.30. The normalized spacial score (nSPS) is 29.2. The van der Waals surface area contributed by atoms with Crippen molar-refractivity contribution in [2.75, 3.05) is 37.6 Å². The fourth-order valence-corrected chi connectivity index (χ4v) is 13.5. The molecule has 14 heterocycles. The van der Waals surface area contributed by atoms with Crippen LogP contribution in [0.3, 0.4) is 0 Å². The van der Waals surface area contributed by atoms with Gasteiger partial charge in [-0.3, -0.25) is 36.8 Å². The highest BCUT2D eigenvalue weighted by Crippen LogP contribution is 2.52. The number of phosphoric ester groups is 4. The first kappa shape index (κ1) is 72.9. The largest absolute Gasteiger partial charge is 0.870 e. The lowest BCUT2D eigenvalue weighted by molar-refractivity contribution is -0.746. The van der Waals surface area contributed by atoms with Crippen LogP contribution in [-0.2, 0) is 82.0 Å². The fourth-order valence-electron chi connectivity index (χ4n) is 11.7. The van der Waals surface area contributed by atoms with E-state index in [0.717, 1.165) is 11.2 Å². The van der Waals surface area contributed by atoms with Crippen molar-refractivity contribution in [3.8, 4) is 5.75 Å². The van der Waals surface area contributed by atoms with E-state index in [-0.39, 0.29) is 39.7 Å². The van der Waals surface area contributed by atoms with Gasteiger partial charge < -0.3 is 122 Å². The summed E-state index contributed by atoms with van der Waals surface area (Å²) in [5.41, 5.74) is 9.82. The highest BCUT2D eigenvalue weighted by Gasteiger charge is 2.57. The Morgan fingerprint density at radius 1 is 0.582 bits per heavy atom. The van der Waals surface area contributed by atoms with Crippen molar-refractivity contribution in [1.82, 2.24) is 48.2 Å². The molecule has 0 spiro atoms. The van der Waals surface area contributed by atoms with Gasteiger partial charge in [-0.1, -0.05) is 5.75 Å². The van der Waals surface area contributed by atoms with E-state index in [2.05, 4.69) is 48.6 Å². The number of aryl methyl sites for hydroxylation is 2. The van der Waals surface area contributed by atoms with Crippen LogP contribution in [-0.4, -0.2) is 234 Å². The van der Waals surface area contributed by atoms with Crippen molar-refractivity contribution in [1.29, 1.82) is 0 Å². The summed E-state index contributed by atoms with van der Waals surface area (Å²) in [6, 6.07) is 4.76. The number of ether oxygens (including phenoxy) is 4. The van der Waals surface area contributed by atoms with Crippen LogP contribution in [0.4, 0.5) is 11.5 Å². The zero-order valence-corrected chi connectivity index (χ0v) is 55.0. The van der Waals surface area contributed by atoms with Gasteiger partial charge in [0.05, 0.1) is 33.9 Å². The molecule has 18 N–H and O–H groups in total. The summed E-state index contributed by atoms with van der Waals surface area (Å²) in [6.45, 7) is 0.0718. The first-order valence-corrected chi connectivity index (χ1v) is 35.0. The molecule has 17 atom stereocenters. The smallest absolute Gasteiger partial charge is 0.470 e. The summed E-state index contributed by atoms with van der Waals surface area (Å²) in [7, 11) is -13.9. The van der Waals surface area contributed by atoms with Crippen LogP contribution in [0, 0.1) is 0 Å². The standard InChI is InChI=1S/C14H18N5O7P.C12H16N3O8P.C12H16N3O7PS.C10H12N5O7P/c1-7-16-17(2)8-3-4-15-13-10(8)18(7)6-19(13)14-12(21)11(20)9(26-14)5-25-27(22,23)24;1-14-5-15(11-8(14)6(16)2-3-13-11)12-10(18)9(17)7(23-12)4-22-24(19,20)21;1-14-5-15(11-8(14)7(24)2-3-13-11)12-10(17)9(16)6(22-12)4-21-23(18,19)20;11-7-2-8(13-1-12-7)15-9(14-2)6(22-23(18,19)20)5-3(16)4(17)10(15)21-5/h3-4,6,9,11-12,14,20-21H,5H2,1-2H3,(H-,22,23,24);2-3,5,7,9-10,12,17-18H,4H2,1H3,(H2-,13,16,19,20,21);2-3,5-6,9-10,12,16-17H,4H2,1H3,(H2-,13,18,19,20,24);1,3-6,10,16-17H,(H2,11,12,13)(H2,18,19,20)/p+1/t9?,11-,12-,14-;7?,9-,10-,12-;6?,9-,10-,12-;3-,4+,5?,6+,10+/m1110/s1. The predicted molar refractivity (Wildman–Crippen MR) is 317 cm³/mol. The van der Waals surface area contributed by atoms with E-state index in [0.29, 0.717) is 27.5 Å². The van der Waals surface area contributed by atoms with Gasteiger partial charge >= 0.3 is 48.2 Å². The number of hydrogen-bond donors (Lipinski definition) is 17. The Hall–Kier alpha value is -6.34. The second-order valence-corrected chi connectivity index (χ2v) is 27.9. The topological polar surface area (TPSA) is 639 Å². The molecule has 0 aliphatic carbocycles. The molecule has 50 heteroatoms. The van der Waals surface area contributed by atoms with Crippen molar-refractivity contribution in [3.05, 3.63) is 67.9 Å².